The molecular formula is C17H17N3O6S. The van der Waals surface area contributed by atoms with Gasteiger partial charge in [0.2, 0.25) is 10.9 Å². The average Bonchev–Trinajstić information content (AvgIpc) is 3.08. The Morgan fingerprint density at radius 1 is 1.44 bits per heavy atom. The van der Waals surface area contributed by atoms with Crippen LogP contribution in [0.1, 0.15) is 17.5 Å². The molecule has 0 saturated heterocycles. The molecule has 2 aromatic heterocycles. The number of nitrogens with one attached hydrogen (secondary N) is 2. The second kappa shape index (κ2) is 7.84. The van der Waals surface area contributed by atoms with Gasteiger partial charge in [-0.25, -0.2) is 15.0 Å². The summed E-state index contributed by atoms with van der Waals surface area (Å²) in [4.78, 5) is 27.5. The van der Waals surface area contributed by atoms with Gasteiger partial charge in [0, 0.05) is 23.9 Å². The van der Waals surface area contributed by atoms with Crippen molar-refractivity contribution in [2.45, 2.75) is 19.8 Å². The van der Waals surface area contributed by atoms with Gasteiger partial charge in [0.05, 0.1) is 7.11 Å². The highest BCUT2D eigenvalue weighted by molar-refractivity contribution is 7.18. The van der Waals surface area contributed by atoms with Gasteiger partial charge in [0.25, 0.3) is 0 Å². The Hall–Kier alpha value is -2.79. The van der Waals surface area contributed by atoms with Crippen molar-refractivity contribution in [1.29, 1.82) is 0 Å². The van der Waals surface area contributed by atoms with Crippen molar-refractivity contribution in [3.05, 3.63) is 51.2 Å². The number of thiazole rings is 1. The Morgan fingerprint density at radius 3 is 2.89 bits per heavy atom. The van der Waals surface area contributed by atoms with Gasteiger partial charge < -0.3 is 19.7 Å². The van der Waals surface area contributed by atoms with Crippen LogP contribution in [-0.2, 0) is 11.2 Å². The van der Waals surface area contributed by atoms with E-state index in [4.69, 9.17) is 14.4 Å². The summed E-state index contributed by atoms with van der Waals surface area (Å²) in [6, 6.07) is 4.89. The number of hydrogen-bond acceptors (Lipinski definition) is 8. The first-order chi connectivity index (χ1) is 12.9. The maximum atomic E-state index is 12.1. The van der Waals surface area contributed by atoms with Gasteiger partial charge in [-0.1, -0.05) is 0 Å². The van der Waals surface area contributed by atoms with E-state index in [2.05, 4.69) is 10.3 Å². The van der Waals surface area contributed by atoms with Crippen LogP contribution in [0.5, 0.6) is 5.75 Å². The quantitative estimate of drug-likeness (QED) is 0.429. The number of benzene rings is 1. The summed E-state index contributed by atoms with van der Waals surface area (Å²) in [5.41, 5.74) is 1.56. The van der Waals surface area contributed by atoms with E-state index in [1.807, 2.05) is 13.0 Å². The van der Waals surface area contributed by atoms with Crippen LogP contribution in [0.15, 0.2) is 33.6 Å². The molecule has 0 spiro atoms. The van der Waals surface area contributed by atoms with Crippen molar-refractivity contribution in [2.75, 3.05) is 12.4 Å². The number of carbonyl (C=O) groups excluding carboxylic acids is 1. The molecule has 0 aliphatic heterocycles. The SMILES string of the molecule is COc1cc2oc(=O)cc(C)c2cc1CCC(=O)Nc1ncc([NH+]([O-])O)s1. The minimum atomic E-state index is -1.09. The highest BCUT2D eigenvalue weighted by atomic mass is 32.1. The first-order valence-corrected chi connectivity index (χ1v) is 8.79. The van der Waals surface area contributed by atoms with E-state index < -0.39 is 10.9 Å². The molecule has 0 bridgehead atoms. The number of nitrogens with zero attached hydrogens (tertiary/aromatic N) is 1. The Morgan fingerprint density at radius 2 is 2.22 bits per heavy atom. The molecule has 1 atom stereocenters. The Labute approximate surface area is 157 Å². The van der Waals surface area contributed by atoms with Crippen molar-refractivity contribution in [3.63, 3.8) is 0 Å². The number of fused-ring (bicyclic) bond motifs is 1. The summed E-state index contributed by atoms with van der Waals surface area (Å²) in [5.74, 6) is 0.228. The van der Waals surface area contributed by atoms with Gasteiger partial charge in [-0.05, 0) is 41.9 Å². The lowest BCUT2D eigenvalue weighted by Gasteiger charge is -2.11. The number of aryl methyl sites for hydroxylation is 2. The van der Waals surface area contributed by atoms with E-state index in [1.54, 1.807) is 6.07 Å². The van der Waals surface area contributed by atoms with Gasteiger partial charge >= 0.3 is 5.63 Å². The van der Waals surface area contributed by atoms with E-state index in [-0.39, 0.29) is 22.5 Å². The molecule has 1 unspecified atom stereocenters. The van der Waals surface area contributed by atoms with E-state index in [1.165, 1.54) is 19.4 Å². The number of carbonyl (C=O) groups is 1. The molecule has 1 amide bonds. The first-order valence-electron chi connectivity index (χ1n) is 7.97. The molecule has 0 aliphatic rings. The van der Waals surface area contributed by atoms with Crippen LogP contribution in [0.2, 0.25) is 0 Å². The monoisotopic (exact) mass is 391 g/mol. The summed E-state index contributed by atoms with van der Waals surface area (Å²) in [5, 5.41) is 22.3. The number of anilines is 1. The van der Waals surface area contributed by atoms with Crippen molar-refractivity contribution < 1.29 is 24.4 Å². The third-order valence-electron chi connectivity index (χ3n) is 3.94. The Balaban J connectivity index is 1.75. The molecule has 0 fully saturated rings. The topological polar surface area (TPSA) is 129 Å². The van der Waals surface area contributed by atoms with Crippen LogP contribution in [-0.4, -0.2) is 23.2 Å². The van der Waals surface area contributed by atoms with Crippen molar-refractivity contribution in [3.8, 4) is 5.75 Å². The van der Waals surface area contributed by atoms with Gasteiger partial charge in [0.15, 0.2) is 5.13 Å². The molecule has 3 rings (SSSR count). The summed E-state index contributed by atoms with van der Waals surface area (Å²) in [7, 11) is 1.50. The maximum absolute atomic E-state index is 12.1. The molecule has 3 N–H and O–H groups in total. The fourth-order valence-corrected chi connectivity index (χ4v) is 3.31. The molecule has 0 radical (unpaired) electrons. The van der Waals surface area contributed by atoms with Gasteiger partial charge in [-0.2, -0.15) is 5.23 Å². The number of aromatic nitrogens is 1. The average molecular weight is 391 g/mol. The number of hydrogen-bond donors (Lipinski definition) is 3. The number of ether oxygens (including phenoxy) is 1. The minimum Gasteiger partial charge on any atom is -0.594 e. The lowest BCUT2D eigenvalue weighted by atomic mass is 10.0. The predicted molar refractivity (Wildman–Crippen MR) is 98.6 cm³/mol. The van der Waals surface area contributed by atoms with E-state index in [0.717, 1.165) is 27.8 Å². The fraction of sp³-hybridized carbons (Fsp3) is 0.235. The standard InChI is InChI=1S/C17H17N3O6S/c1-9-5-16(22)26-13-7-12(25-2)10(6-11(9)13)3-4-14(21)19-17-18-8-15(27-17)20(23)24/h5-8,20,23H,3-4H2,1-2H3,(H,18,19,21). The molecule has 10 heteroatoms. The molecule has 27 heavy (non-hydrogen) atoms. The Kier molecular flexibility index (Phi) is 5.51. The second-order valence-corrected chi connectivity index (χ2v) is 6.82. The third-order valence-corrected chi connectivity index (χ3v) is 4.84. The Bertz CT molecular complexity index is 1040. The number of methoxy groups -OCH3 is 1. The van der Waals surface area contributed by atoms with Crippen LogP contribution in [0.4, 0.5) is 10.1 Å². The largest absolute Gasteiger partial charge is 0.594 e. The van der Waals surface area contributed by atoms with Crippen molar-refractivity contribution >= 4 is 38.3 Å². The zero-order chi connectivity index (χ0) is 19.6. The number of quaternary nitrogens is 1. The smallest absolute Gasteiger partial charge is 0.336 e. The predicted octanol–water partition coefficient (Wildman–Crippen LogP) is 1.54. The lowest BCUT2D eigenvalue weighted by Crippen LogP contribution is -2.98. The zero-order valence-corrected chi connectivity index (χ0v) is 15.4. The highest BCUT2D eigenvalue weighted by Gasteiger charge is 2.14. The molecule has 0 aliphatic carbocycles. The summed E-state index contributed by atoms with van der Waals surface area (Å²) in [6.45, 7) is 1.81. The van der Waals surface area contributed by atoms with E-state index in [0.29, 0.717) is 17.8 Å². The van der Waals surface area contributed by atoms with E-state index >= 15 is 0 Å². The third kappa shape index (κ3) is 4.31. The van der Waals surface area contributed by atoms with Crippen LogP contribution in [0.3, 0.4) is 0 Å². The second-order valence-electron chi connectivity index (χ2n) is 5.79. The first kappa shape index (κ1) is 19.0. The van der Waals surface area contributed by atoms with Crippen LogP contribution in [0.25, 0.3) is 11.0 Å². The van der Waals surface area contributed by atoms with E-state index in [9.17, 15) is 14.8 Å². The van der Waals surface area contributed by atoms with Crippen molar-refractivity contribution in [2.24, 2.45) is 0 Å². The molecule has 9 nitrogen and oxygen atoms in total. The molecule has 3 aromatic rings. The van der Waals surface area contributed by atoms with Crippen LogP contribution in [0, 0.1) is 12.1 Å². The molecule has 142 valence electrons. The van der Waals surface area contributed by atoms with Crippen molar-refractivity contribution in [1.82, 2.24) is 4.98 Å². The highest BCUT2D eigenvalue weighted by Crippen LogP contribution is 2.28. The summed E-state index contributed by atoms with van der Waals surface area (Å²) < 4.78 is 10.5. The molecular weight excluding hydrogens is 374 g/mol. The normalized spacial score (nSPS) is 12.1. The van der Waals surface area contributed by atoms with Crippen LogP contribution < -0.4 is 20.9 Å². The maximum Gasteiger partial charge on any atom is 0.336 e. The molecule has 2 heterocycles. The number of rotatable bonds is 6. The van der Waals surface area contributed by atoms with Gasteiger partial charge in [-0.15, -0.1) is 0 Å². The number of amides is 1. The van der Waals surface area contributed by atoms with Gasteiger partial charge in [-0.3, -0.25) is 4.79 Å². The summed E-state index contributed by atoms with van der Waals surface area (Å²) >= 11 is 0.895. The summed E-state index contributed by atoms with van der Waals surface area (Å²) in [6.07, 6.45) is 1.74. The minimum absolute atomic E-state index is 0.0541. The molecule has 0 saturated carbocycles. The fourth-order valence-electron chi connectivity index (χ4n) is 2.64. The zero-order valence-electron chi connectivity index (χ0n) is 14.6. The lowest BCUT2D eigenvalue weighted by molar-refractivity contribution is -0.989. The van der Waals surface area contributed by atoms with Gasteiger partial charge in [0.1, 0.15) is 17.5 Å². The molecule has 1 aromatic carbocycles. The van der Waals surface area contributed by atoms with Crippen LogP contribution >= 0.6 is 11.3 Å².